The minimum atomic E-state index is -0.184. The van der Waals surface area contributed by atoms with Crippen molar-refractivity contribution in [3.8, 4) is 0 Å². The van der Waals surface area contributed by atoms with E-state index in [2.05, 4.69) is 0 Å². The molecule has 0 saturated heterocycles. The molecule has 1 aromatic carbocycles. The summed E-state index contributed by atoms with van der Waals surface area (Å²) in [5.41, 5.74) is 1.58. The molecule has 0 heterocycles. The molecule has 1 N–H and O–H groups in total. The number of ketones is 1. The van der Waals surface area contributed by atoms with E-state index in [1.807, 2.05) is 30.3 Å². The summed E-state index contributed by atoms with van der Waals surface area (Å²) in [6.45, 7) is 1.72. The number of carbonyl (C=O) groups is 1. The minimum absolute atomic E-state index is 0.184. The van der Waals surface area contributed by atoms with E-state index in [4.69, 9.17) is 5.11 Å². The number of aliphatic hydroxyl groups excluding tert-OH is 1. The molecule has 1 rings (SSSR count). The highest BCUT2D eigenvalue weighted by molar-refractivity contribution is 6.06. The molecule has 0 amide bonds. The van der Waals surface area contributed by atoms with Crippen molar-refractivity contribution in [3.63, 3.8) is 0 Å². The standard InChI is InChI=1S/C12H12O2/c1-10(12(14)7-8-13)9-11-5-3-2-4-6-11/h2-9,13H,1H3/b8-7-,10-9-. The van der Waals surface area contributed by atoms with Crippen LogP contribution in [0.2, 0.25) is 0 Å². The van der Waals surface area contributed by atoms with E-state index >= 15 is 0 Å². The van der Waals surface area contributed by atoms with E-state index in [9.17, 15) is 4.79 Å². The fourth-order valence-corrected chi connectivity index (χ4v) is 1.07. The number of hydrogen-bond acceptors (Lipinski definition) is 2. The Bertz CT molecular complexity index is 361. The zero-order valence-corrected chi connectivity index (χ0v) is 7.97. The average Bonchev–Trinajstić information content (AvgIpc) is 2.19. The van der Waals surface area contributed by atoms with Gasteiger partial charge in [-0.3, -0.25) is 4.79 Å². The van der Waals surface area contributed by atoms with Crippen molar-refractivity contribution in [3.05, 3.63) is 53.8 Å². The second kappa shape index (κ2) is 5.02. The van der Waals surface area contributed by atoms with Gasteiger partial charge in [0.15, 0.2) is 5.78 Å². The summed E-state index contributed by atoms with van der Waals surface area (Å²) in [5, 5.41) is 8.42. The lowest BCUT2D eigenvalue weighted by molar-refractivity contribution is -0.111. The molecule has 0 fully saturated rings. The first-order valence-electron chi connectivity index (χ1n) is 4.32. The second-order valence-electron chi connectivity index (χ2n) is 2.92. The number of benzene rings is 1. The Balaban J connectivity index is 2.84. The molecule has 14 heavy (non-hydrogen) atoms. The number of allylic oxidation sites excluding steroid dienone is 2. The Labute approximate surface area is 83.2 Å². The maximum absolute atomic E-state index is 11.2. The van der Waals surface area contributed by atoms with Gasteiger partial charge in [-0.2, -0.15) is 0 Å². The molecular formula is C12H12O2. The fourth-order valence-electron chi connectivity index (χ4n) is 1.07. The van der Waals surface area contributed by atoms with Gasteiger partial charge in [-0.1, -0.05) is 30.3 Å². The van der Waals surface area contributed by atoms with Crippen LogP contribution in [0.25, 0.3) is 6.08 Å². The van der Waals surface area contributed by atoms with Crippen LogP contribution in [0.1, 0.15) is 12.5 Å². The summed E-state index contributed by atoms with van der Waals surface area (Å²) in [6.07, 6.45) is 3.67. The maximum Gasteiger partial charge on any atom is 0.184 e. The van der Waals surface area contributed by atoms with Gasteiger partial charge in [0.2, 0.25) is 0 Å². The third kappa shape index (κ3) is 2.90. The van der Waals surface area contributed by atoms with Crippen LogP contribution >= 0.6 is 0 Å². The lowest BCUT2D eigenvalue weighted by Gasteiger charge is -1.95. The molecule has 0 aliphatic heterocycles. The zero-order chi connectivity index (χ0) is 10.4. The monoisotopic (exact) mass is 188 g/mol. The van der Waals surface area contributed by atoms with Gasteiger partial charge in [0.25, 0.3) is 0 Å². The van der Waals surface area contributed by atoms with Gasteiger partial charge in [0, 0.05) is 6.08 Å². The van der Waals surface area contributed by atoms with Crippen LogP contribution in [0.4, 0.5) is 0 Å². The molecule has 0 atom stereocenters. The van der Waals surface area contributed by atoms with Crippen LogP contribution in [0.3, 0.4) is 0 Å². The highest BCUT2D eigenvalue weighted by atomic mass is 16.2. The lowest BCUT2D eigenvalue weighted by Crippen LogP contribution is -1.93. The molecule has 2 heteroatoms. The van der Waals surface area contributed by atoms with Crippen molar-refractivity contribution >= 4 is 11.9 Å². The van der Waals surface area contributed by atoms with Crippen LogP contribution < -0.4 is 0 Å². The molecule has 0 aliphatic carbocycles. The van der Waals surface area contributed by atoms with Crippen molar-refractivity contribution in [1.29, 1.82) is 0 Å². The van der Waals surface area contributed by atoms with Gasteiger partial charge in [-0.15, -0.1) is 0 Å². The predicted octanol–water partition coefficient (Wildman–Crippen LogP) is 2.73. The Morgan fingerprint density at radius 1 is 1.29 bits per heavy atom. The lowest BCUT2D eigenvalue weighted by atomic mass is 10.1. The Hall–Kier alpha value is -1.83. The van der Waals surface area contributed by atoms with Gasteiger partial charge in [-0.05, 0) is 24.1 Å². The normalized spacial score (nSPS) is 11.9. The first-order valence-corrected chi connectivity index (χ1v) is 4.32. The van der Waals surface area contributed by atoms with Gasteiger partial charge in [0.05, 0.1) is 6.26 Å². The zero-order valence-electron chi connectivity index (χ0n) is 7.97. The van der Waals surface area contributed by atoms with Crippen LogP contribution in [0.5, 0.6) is 0 Å². The van der Waals surface area contributed by atoms with Gasteiger partial charge < -0.3 is 5.11 Å². The first kappa shape index (κ1) is 10.3. The van der Waals surface area contributed by atoms with Crippen LogP contribution in [0.15, 0.2) is 48.2 Å². The van der Waals surface area contributed by atoms with E-state index < -0.39 is 0 Å². The molecular weight excluding hydrogens is 176 g/mol. The van der Waals surface area contributed by atoms with E-state index in [1.165, 1.54) is 0 Å². The van der Waals surface area contributed by atoms with Crippen LogP contribution in [-0.2, 0) is 4.79 Å². The van der Waals surface area contributed by atoms with Gasteiger partial charge in [-0.25, -0.2) is 0 Å². The summed E-state index contributed by atoms with van der Waals surface area (Å²) in [4.78, 5) is 11.2. The third-order valence-electron chi connectivity index (χ3n) is 1.80. The molecule has 0 aromatic heterocycles. The van der Waals surface area contributed by atoms with E-state index in [-0.39, 0.29) is 5.78 Å². The van der Waals surface area contributed by atoms with Crippen LogP contribution in [0, 0.1) is 0 Å². The van der Waals surface area contributed by atoms with Gasteiger partial charge >= 0.3 is 0 Å². The van der Waals surface area contributed by atoms with Gasteiger partial charge in [0.1, 0.15) is 0 Å². The summed E-state index contributed by atoms with van der Waals surface area (Å²) in [7, 11) is 0. The molecule has 0 unspecified atom stereocenters. The molecule has 72 valence electrons. The summed E-state index contributed by atoms with van der Waals surface area (Å²) in [6, 6.07) is 9.57. The number of rotatable bonds is 3. The topological polar surface area (TPSA) is 37.3 Å². The Morgan fingerprint density at radius 2 is 1.93 bits per heavy atom. The van der Waals surface area contributed by atoms with Crippen molar-refractivity contribution in [1.82, 2.24) is 0 Å². The summed E-state index contributed by atoms with van der Waals surface area (Å²) in [5.74, 6) is -0.184. The largest absolute Gasteiger partial charge is 0.515 e. The van der Waals surface area contributed by atoms with Crippen molar-refractivity contribution in [2.75, 3.05) is 0 Å². The molecule has 0 spiro atoms. The molecule has 0 aliphatic rings. The summed E-state index contributed by atoms with van der Waals surface area (Å²) >= 11 is 0. The van der Waals surface area contributed by atoms with Crippen molar-refractivity contribution in [2.24, 2.45) is 0 Å². The maximum atomic E-state index is 11.2. The fraction of sp³-hybridized carbons (Fsp3) is 0.0833. The molecule has 0 bridgehead atoms. The molecule has 2 nitrogen and oxygen atoms in total. The van der Waals surface area contributed by atoms with Crippen LogP contribution in [-0.4, -0.2) is 10.9 Å². The first-order chi connectivity index (χ1) is 6.74. The average molecular weight is 188 g/mol. The molecule has 0 radical (unpaired) electrons. The molecule has 0 saturated carbocycles. The Morgan fingerprint density at radius 3 is 2.50 bits per heavy atom. The smallest absolute Gasteiger partial charge is 0.184 e. The predicted molar refractivity (Wildman–Crippen MR) is 56.9 cm³/mol. The quantitative estimate of drug-likeness (QED) is 0.585. The minimum Gasteiger partial charge on any atom is -0.515 e. The number of hydrogen-bond donors (Lipinski definition) is 1. The molecule has 1 aromatic rings. The number of aliphatic hydroxyl groups is 1. The van der Waals surface area contributed by atoms with E-state index in [0.717, 1.165) is 17.9 Å². The Kier molecular flexibility index (Phi) is 3.68. The third-order valence-corrected chi connectivity index (χ3v) is 1.80. The highest BCUT2D eigenvalue weighted by Gasteiger charge is 1.98. The van der Waals surface area contributed by atoms with Crippen molar-refractivity contribution < 1.29 is 9.90 Å². The second-order valence-corrected chi connectivity index (χ2v) is 2.92. The SMILES string of the molecule is C/C(=C/c1ccccc1)C(=O)/C=C\O. The van der Waals surface area contributed by atoms with E-state index in [1.54, 1.807) is 13.0 Å². The number of carbonyl (C=O) groups excluding carboxylic acids is 1. The highest BCUT2D eigenvalue weighted by Crippen LogP contribution is 2.06. The van der Waals surface area contributed by atoms with Crippen molar-refractivity contribution in [2.45, 2.75) is 6.92 Å². The summed E-state index contributed by atoms with van der Waals surface area (Å²) < 4.78 is 0. The van der Waals surface area contributed by atoms with E-state index in [0.29, 0.717) is 5.57 Å².